The van der Waals surface area contributed by atoms with Gasteiger partial charge in [-0.15, -0.1) is 0 Å². The highest BCUT2D eigenvalue weighted by Gasteiger charge is 2.25. The third-order valence-corrected chi connectivity index (χ3v) is 4.01. The monoisotopic (exact) mass is 315 g/mol. The van der Waals surface area contributed by atoms with Crippen LogP contribution >= 0.6 is 0 Å². The molecule has 23 heavy (non-hydrogen) atoms. The number of hydrogen-bond donors (Lipinski definition) is 1. The topological polar surface area (TPSA) is 77.3 Å². The molecule has 1 amide bonds. The Labute approximate surface area is 135 Å². The van der Waals surface area contributed by atoms with Crippen molar-refractivity contribution >= 4 is 11.6 Å². The molecule has 0 bridgehead atoms. The number of carbonyl (C=O) groups excluding carboxylic acids is 1. The molecule has 1 aromatic carbocycles. The fourth-order valence-electron chi connectivity index (χ4n) is 2.56. The minimum Gasteiger partial charge on any atom is -0.381 e. The maximum Gasteiger partial charge on any atom is 0.260 e. The summed E-state index contributed by atoms with van der Waals surface area (Å²) in [6.07, 6.45) is 0.755. The second-order valence-electron chi connectivity index (χ2n) is 6.16. The van der Waals surface area contributed by atoms with Crippen molar-refractivity contribution < 1.29 is 14.1 Å². The van der Waals surface area contributed by atoms with E-state index in [9.17, 15) is 4.79 Å². The minimum absolute atomic E-state index is 0.0263. The first-order valence-electron chi connectivity index (χ1n) is 7.88. The Morgan fingerprint density at radius 3 is 2.87 bits per heavy atom. The van der Waals surface area contributed by atoms with Gasteiger partial charge in [0.2, 0.25) is 5.91 Å². The number of hydrogen-bond acceptors (Lipinski definition) is 5. The highest BCUT2D eigenvalue weighted by atomic mass is 16.5. The summed E-state index contributed by atoms with van der Waals surface area (Å²) >= 11 is 0. The fourth-order valence-corrected chi connectivity index (χ4v) is 2.56. The summed E-state index contributed by atoms with van der Waals surface area (Å²) in [6.45, 7) is 7.08. The van der Waals surface area contributed by atoms with Crippen LogP contribution in [0.4, 0.5) is 5.69 Å². The average molecular weight is 315 g/mol. The lowest BCUT2D eigenvalue weighted by atomic mass is 10.0. The molecule has 1 saturated heterocycles. The maximum absolute atomic E-state index is 12.4. The highest BCUT2D eigenvalue weighted by molar-refractivity contribution is 5.97. The van der Waals surface area contributed by atoms with E-state index in [-0.39, 0.29) is 17.7 Å². The number of nitrogens with zero attached hydrogens (tertiary/aromatic N) is 2. The van der Waals surface area contributed by atoms with Crippen molar-refractivity contribution in [2.75, 3.05) is 18.5 Å². The molecular formula is C17H21N3O3. The molecule has 1 aliphatic heterocycles. The zero-order valence-corrected chi connectivity index (χ0v) is 13.6. The van der Waals surface area contributed by atoms with Crippen molar-refractivity contribution in [3.63, 3.8) is 0 Å². The lowest BCUT2D eigenvalue weighted by Gasteiger charge is -2.14. The van der Waals surface area contributed by atoms with Crippen LogP contribution in [0.2, 0.25) is 0 Å². The Balaban J connectivity index is 1.91. The van der Waals surface area contributed by atoms with Crippen LogP contribution in [-0.2, 0) is 9.53 Å². The third-order valence-electron chi connectivity index (χ3n) is 4.01. The molecule has 6 heteroatoms. The summed E-state index contributed by atoms with van der Waals surface area (Å²) < 4.78 is 10.7. The molecule has 2 heterocycles. The van der Waals surface area contributed by atoms with Crippen LogP contribution in [0.25, 0.3) is 11.5 Å². The molecule has 1 N–H and O–H groups in total. The first-order valence-corrected chi connectivity index (χ1v) is 7.88. The van der Waals surface area contributed by atoms with E-state index in [0.717, 1.165) is 23.2 Å². The van der Waals surface area contributed by atoms with Gasteiger partial charge < -0.3 is 14.6 Å². The van der Waals surface area contributed by atoms with Crippen LogP contribution in [0.3, 0.4) is 0 Å². The number of aromatic nitrogens is 2. The maximum atomic E-state index is 12.4. The van der Waals surface area contributed by atoms with Crippen molar-refractivity contribution in [1.29, 1.82) is 0 Å². The number of anilines is 1. The van der Waals surface area contributed by atoms with Gasteiger partial charge in [0.25, 0.3) is 5.89 Å². The van der Waals surface area contributed by atoms with E-state index >= 15 is 0 Å². The summed E-state index contributed by atoms with van der Waals surface area (Å²) in [5.74, 6) is 1.14. The van der Waals surface area contributed by atoms with E-state index < -0.39 is 0 Å². The van der Waals surface area contributed by atoms with Crippen molar-refractivity contribution in [2.24, 2.45) is 5.92 Å². The van der Waals surface area contributed by atoms with Gasteiger partial charge in [-0.2, -0.15) is 4.98 Å². The Bertz CT molecular complexity index is 703. The molecule has 0 unspecified atom stereocenters. The highest BCUT2D eigenvalue weighted by Crippen LogP contribution is 2.31. The normalized spacial score (nSPS) is 17.7. The van der Waals surface area contributed by atoms with Crippen LogP contribution in [-0.4, -0.2) is 29.3 Å². The number of benzene rings is 1. The number of carbonyl (C=O) groups is 1. The van der Waals surface area contributed by atoms with E-state index in [2.05, 4.69) is 15.5 Å². The lowest BCUT2D eigenvalue weighted by molar-refractivity contribution is -0.119. The molecule has 1 aliphatic rings. The lowest BCUT2D eigenvalue weighted by Crippen LogP contribution is -2.23. The third kappa shape index (κ3) is 3.27. The van der Waals surface area contributed by atoms with E-state index in [1.165, 1.54) is 0 Å². The minimum atomic E-state index is -0.101. The quantitative estimate of drug-likeness (QED) is 0.938. The van der Waals surface area contributed by atoms with Crippen LogP contribution < -0.4 is 5.32 Å². The fraction of sp³-hybridized carbons (Fsp3) is 0.471. The predicted molar refractivity (Wildman–Crippen MR) is 86.1 cm³/mol. The van der Waals surface area contributed by atoms with Crippen molar-refractivity contribution in [2.45, 2.75) is 33.1 Å². The standard InChI is InChI=1S/C17H21N3O3/c1-10(2)15-19-17(23-20-15)13-6-4-5-11(3)14(13)18-16(21)12-7-8-22-9-12/h4-6,10,12H,7-9H2,1-3H3,(H,18,21)/t12-/m0/s1. The molecule has 1 fully saturated rings. The van der Waals surface area contributed by atoms with Crippen LogP contribution in [0.15, 0.2) is 22.7 Å². The molecule has 122 valence electrons. The van der Waals surface area contributed by atoms with E-state index in [1.807, 2.05) is 39.0 Å². The molecule has 1 atom stereocenters. The molecule has 0 aliphatic carbocycles. The first-order chi connectivity index (χ1) is 11.1. The van der Waals surface area contributed by atoms with E-state index in [4.69, 9.17) is 9.26 Å². The summed E-state index contributed by atoms with van der Waals surface area (Å²) in [5, 5.41) is 7.01. The summed E-state index contributed by atoms with van der Waals surface area (Å²) in [4.78, 5) is 16.8. The van der Waals surface area contributed by atoms with Crippen LogP contribution in [0.1, 0.15) is 37.6 Å². The molecule has 0 spiro atoms. The number of nitrogens with one attached hydrogen (secondary N) is 1. The van der Waals surface area contributed by atoms with Gasteiger partial charge in [0.1, 0.15) is 0 Å². The number of amides is 1. The molecule has 1 aromatic heterocycles. The largest absolute Gasteiger partial charge is 0.381 e. The molecule has 2 aromatic rings. The summed E-state index contributed by atoms with van der Waals surface area (Å²) in [7, 11) is 0. The van der Waals surface area contributed by atoms with Gasteiger partial charge in [-0.3, -0.25) is 4.79 Å². The Kier molecular flexibility index (Phi) is 4.43. The van der Waals surface area contributed by atoms with E-state index in [0.29, 0.717) is 24.9 Å². The van der Waals surface area contributed by atoms with Crippen LogP contribution in [0.5, 0.6) is 0 Å². The second kappa shape index (κ2) is 6.50. The van der Waals surface area contributed by atoms with Gasteiger partial charge >= 0.3 is 0 Å². The van der Waals surface area contributed by atoms with Gasteiger partial charge in [0, 0.05) is 12.5 Å². The average Bonchev–Trinajstić information content (AvgIpc) is 3.20. The molecule has 0 saturated carbocycles. The smallest absolute Gasteiger partial charge is 0.260 e. The number of rotatable bonds is 4. The Morgan fingerprint density at radius 1 is 1.39 bits per heavy atom. The van der Waals surface area contributed by atoms with Crippen molar-refractivity contribution in [3.05, 3.63) is 29.6 Å². The molecule has 3 rings (SSSR count). The van der Waals surface area contributed by atoms with Crippen LogP contribution in [0, 0.1) is 12.8 Å². The predicted octanol–water partition coefficient (Wildman–Crippen LogP) is 3.14. The van der Waals surface area contributed by atoms with Gasteiger partial charge in [0.05, 0.1) is 23.8 Å². The molecular weight excluding hydrogens is 294 g/mol. The summed E-state index contributed by atoms with van der Waals surface area (Å²) in [5.41, 5.74) is 2.43. The second-order valence-corrected chi connectivity index (χ2v) is 6.16. The Hall–Kier alpha value is -2.21. The summed E-state index contributed by atoms with van der Waals surface area (Å²) in [6, 6.07) is 5.74. The number of para-hydroxylation sites is 1. The number of ether oxygens (including phenoxy) is 1. The van der Waals surface area contributed by atoms with E-state index in [1.54, 1.807) is 0 Å². The van der Waals surface area contributed by atoms with Gasteiger partial charge in [-0.1, -0.05) is 31.1 Å². The number of aryl methyl sites for hydroxylation is 1. The molecule has 6 nitrogen and oxygen atoms in total. The zero-order chi connectivity index (χ0) is 16.4. The van der Waals surface area contributed by atoms with Gasteiger partial charge in [0.15, 0.2) is 5.82 Å². The SMILES string of the molecule is Cc1cccc(-c2nc(C(C)C)no2)c1NC(=O)[C@H]1CCOC1. The van der Waals surface area contributed by atoms with Gasteiger partial charge in [-0.25, -0.2) is 0 Å². The zero-order valence-electron chi connectivity index (χ0n) is 13.6. The Morgan fingerprint density at radius 2 is 2.22 bits per heavy atom. The van der Waals surface area contributed by atoms with Gasteiger partial charge in [-0.05, 0) is 25.0 Å². The molecule has 0 radical (unpaired) electrons. The van der Waals surface area contributed by atoms with Crippen molar-refractivity contribution in [1.82, 2.24) is 10.1 Å². The van der Waals surface area contributed by atoms with Crippen molar-refractivity contribution in [3.8, 4) is 11.5 Å². The first kappa shape index (κ1) is 15.7.